The van der Waals surface area contributed by atoms with Crippen LogP contribution in [0.15, 0.2) is 24.4 Å². The quantitative estimate of drug-likeness (QED) is 0.868. The van der Waals surface area contributed by atoms with Crippen LogP contribution < -0.4 is 0 Å². The first kappa shape index (κ1) is 11.3. The number of aromatic nitrogens is 1. The van der Waals surface area contributed by atoms with Crippen LogP contribution in [0, 0.1) is 5.92 Å². The Kier molecular flexibility index (Phi) is 2.59. The maximum atomic E-state index is 11.2. The second kappa shape index (κ2) is 4.14. The van der Waals surface area contributed by atoms with Crippen molar-refractivity contribution in [3.05, 3.63) is 35.5 Å². The second-order valence-electron chi connectivity index (χ2n) is 4.95. The van der Waals surface area contributed by atoms with Crippen molar-refractivity contribution in [1.82, 2.24) is 4.57 Å². The van der Waals surface area contributed by atoms with Gasteiger partial charge in [0.1, 0.15) is 0 Å². The van der Waals surface area contributed by atoms with Crippen molar-refractivity contribution in [1.29, 1.82) is 0 Å². The lowest BCUT2D eigenvalue weighted by Crippen LogP contribution is -1.98. The van der Waals surface area contributed by atoms with Crippen molar-refractivity contribution in [2.75, 3.05) is 0 Å². The largest absolute Gasteiger partial charge is 0.478 e. The molecule has 94 valence electrons. The Hall–Kier alpha value is -1.81. The number of carboxylic acids is 1. The summed E-state index contributed by atoms with van der Waals surface area (Å²) in [6, 6.07) is 5.44. The molecule has 4 heteroatoms. The maximum absolute atomic E-state index is 11.2. The molecule has 0 atom stereocenters. The molecule has 0 aliphatic heterocycles. The predicted octanol–water partition coefficient (Wildman–Crippen LogP) is 2.24. The molecular formula is C14H15NO3. The molecule has 0 radical (unpaired) electrons. The van der Waals surface area contributed by atoms with Crippen molar-refractivity contribution < 1.29 is 15.0 Å². The summed E-state index contributed by atoms with van der Waals surface area (Å²) >= 11 is 0. The highest BCUT2D eigenvalue weighted by Crippen LogP contribution is 2.33. The lowest BCUT2D eigenvalue weighted by molar-refractivity contribution is 0.0698. The van der Waals surface area contributed by atoms with Gasteiger partial charge in [-0.1, -0.05) is 12.1 Å². The van der Waals surface area contributed by atoms with Gasteiger partial charge in [-0.3, -0.25) is 0 Å². The van der Waals surface area contributed by atoms with Gasteiger partial charge in [-0.25, -0.2) is 4.79 Å². The molecular weight excluding hydrogens is 230 g/mol. The third kappa shape index (κ3) is 1.88. The van der Waals surface area contributed by atoms with Gasteiger partial charge in [0.05, 0.1) is 12.2 Å². The summed E-state index contributed by atoms with van der Waals surface area (Å²) in [6.07, 6.45) is 4.16. The minimum atomic E-state index is -0.897. The molecule has 1 aliphatic rings. The standard InChI is InChI=1S/C14H15NO3/c16-8-10-3-4-11-12(14(17)18)7-15(13(11)5-10)6-9-1-2-9/h3-5,7,9,16H,1-2,6,8H2,(H,17,18). The predicted molar refractivity (Wildman–Crippen MR) is 67.5 cm³/mol. The molecule has 0 saturated heterocycles. The lowest BCUT2D eigenvalue weighted by atomic mass is 10.1. The Labute approximate surface area is 104 Å². The smallest absolute Gasteiger partial charge is 0.337 e. The van der Waals surface area contributed by atoms with E-state index in [1.54, 1.807) is 18.3 Å². The number of hydrogen-bond donors (Lipinski definition) is 2. The molecule has 1 saturated carbocycles. The molecule has 0 spiro atoms. The number of rotatable bonds is 4. The summed E-state index contributed by atoms with van der Waals surface area (Å²) in [5.41, 5.74) is 2.07. The molecule has 0 unspecified atom stereocenters. The van der Waals surface area contributed by atoms with Gasteiger partial charge in [0.2, 0.25) is 0 Å². The van der Waals surface area contributed by atoms with E-state index in [-0.39, 0.29) is 6.61 Å². The van der Waals surface area contributed by atoms with Crippen molar-refractivity contribution in [2.45, 2.75) is 26.0 Å². The first-order chi connectivity index (χ1) is 8.69. The molecule has 1 fully saturated rings. The fraction of sp³-hybridized carbons (Fsp3) is 0.357. The van der Waals surface area contributed by atoms with Gasteiger partial charge in [0.25, 0.3) is 0 Å². The first-order valence-electron chi connectivity index (χ1n) is 6.15. The number of nitrogens with zero attached hydrogens (tertiary/aromatic N) is 1. The molecule has 4 nitrogen and oxygen atoms in total. The summed E-state index contributed by atoms with van der Waals surface area (Å²) in [5.74, 6) is -0.216. The van der Waals surface area contributed by atoms with Crippen molar-refractivity contribution in [3.8, 4) is 0 Å². The van der Waals surface area contributed by atoms with E-state index in [0.29, 0.717) is 11.5 Å². The fourth-order valence-corrected chi connectivity index (χ4v) is 2.34. The van der Waals surface area contributed by atoms with E-state index in [2.05, 4.69) is 0 Å². The van der Waals surface area contributed by atoms with E-state index in [1.165, 1.54) is 12.8 Å². The molecule has 1 aromatic heterocycles. The summed E-state index contributed by atoms with van der Waals surface area (Å²) in [6.45, 7) is 0.853. The van der Waals surface area contributed by atoms with Gasteiger partial charge < -0.3 is 14.8 Å². The number of carboxylic acid groups (broad SMARTS) is 1. The van der Waals surface area contributed by atoms with Gasteiger partial charge in [-0.2, -0.15) is 0 Å². The molecule has 2 aromatic rings. The van der Waals surface area contributed by atoms with E-state index in [0.717, 1.165) is 23.0 Å². The van der Waals surface area contributed by atoms with Crippen LogP contribution in [0.5, 0.6) is 0 Å². The molecule has 1 heterocycles. The first-order valence-corrected chi connectivity index (χ1v) is 6.15. The second-order valence-corrected chi connectivity index (χ2v) is 4.95. The van der Waals surface area contributed by atoms with Gasteiger partial charge >= 0.3 is 5.97 Å². The fourth-order valence-electron chi connectivity index (χ4n) is 2.34. The number of aromatic carboxylic acids is 1. The van der Waals surface area contributed by atoms with E-state index in [4.69, 9.17) is 0 Å². The number of aliphatic hydroxyl groups is 1. The summed E-state index contributed by atoms with van der Waals surface area (Å²) in [4.78, 5) is 11.2. The molecule has 2 N–H and O–H groups in total. The number of aliphatic hydroxyl groups excluding tert-OH is 1. The molecule has 0 amide bonds. The van der Waals surface area contributed by atoms with Crippen molar-refractivity contribution in [3.63, 3.8) is 0 Å². The number of carbonyl (C=O) groups is 1. The Bertz CT molecular complexity index is 611. The van der Waals surface area contributed by atoms with Crippen LogP contribution >= 0.6 is 0 Å². The SMILES string of the molecule is O=C(O)c1cn(CC2CC2)c2cc(CO)ccc12. The van der Waals surface area contributed by atoms with E-state index in [9.17, 15) is 15.0 Å². The molecule has 3 rings (SSSR count). The lowest BCUT2D eigenvalue weighted by Gasteiger charge is -2.04. The van der Waals surface area contributed by atoms with Crippen LogP contribution in [-0.4, -0.2) is 20.7 Å². The van der Waals surface area contributed by atoms with Gasteiger partial charge in [-0.15, -0.1) is 0 Å². The average molecular weight is 245 g/mol. The van der Waals surface area contributed by atoms with Crippen LogP contribution in [0.4, 0.5) is 0 Å². The van der Waals surface area contributed by atoms with Crippen LogP contribution in [0.25, 0.3) is 10.9 Å². The van der Waals surface area contributed by atoms with E-state index in [1.807, 2.05) is 10.6 Å². The van der Waals surface area contributed by atoms with Gasteiger partial charge in [0, 0.05) is 23.6 Å². The Morgan fingerprint density at radius 2 is 2.17 bits per heavy atom. The minimum absolute atomic E-state index is 0.0209. The highest BCUT2D eigenvalue weighted by atomic mass is 16.4. The minimum Gasteiger partial charge on any atom is -0.478 e. The van der Waals surface area contributed by atoms with E-state index >= 15 is 0 Å². The van der Waals surface area contributed by atoms with Crippen LogP contribution in [0.2, 0.25) is 0 Å². The van der Waals surface area contributed by atoms with E-state index < -0.39 is 5.97 Å². The Balaban J connectivity index is 2.15. The van der Waals surface area contributed by atoms with Crippen LogP contribution in [0.1, 0.15) is 28.8 Å². The van der Waals surface area contributed by atoms with Crippen LogP contribution in [-0.2, 0) is 13.2 Å². The Morgan fingerprint density at radius 1 is 1.39 bits per heavy atom. The van der Waals surface area contributed by atoms with Crippen LogP contribution in [0.3, 0.4) is 0 Å². The zero-order valence-electron chi connectivity index (χ0n) is 9.97. The van der Waals surface area contributed by atoms with Gasteiger partial charge in [-0.05, 0) is 30.4 Å². The Morgan fingerprint density at radius 3 is 2.78 bits per heavy atom. The summed E-state index contributed by atoms with van der Waals surface area (Å²) in [5, 5.41) is 19.1. The monoisotopic (exact) mass is 245 g/mol. The molecule has 1 aliphatic carbocycles. The third-order valence-electron chi connectivity index (χ3n) is 3.51. The summed E-state index contributed by atoms with van der Waals surface area (Å²) in [7, 11) is 0. The molecule has 1 aromatic carbocycles. The number of fused-ring (bicyclic) bond motifs is 1. The molecule has 18 heavy (non-hydrogen) atoms. The van der Waals surface area contributed by atoms with Crippen molar-refractivity contribution in [2.24, 2.45) is 5.92 Å². The maximum Gasteiger partial charge on any atom is 0.337 e. The van der Waals surface area contributed by atoms with Crippen molar-refractivity contribution >= 4 is 16.9 Å². The normalized spacial score (nSPS) is 15.2. The average Bonchev–Trinajstić information content (AvgIpc) is 3.10. The number of benzene rings is 1. The highest BCUT2D eigenvalue weighted by molar-refractivity contribution is 6.03. The third-order valence-corrected chi connectivity index (χ3v) is 3.51. The zero-order chi connectivity index (χ0) is 12.7. The highest BCUT2D eigenvalue weighted by Gasteiger charge is 2.23. The topological polar surface area (TPSA) is 62.5 Å². The molecule has 0 bridgehead atoms. The number of hydrogen-bond acceptors (Lipinski definition) is 2. The summed E-state index contributed by atoms with van der Waals surface area (Å²) < 4.78 is 2.01. The zero-order valence-corrected chi connectivity index (χ0v) is 9.97. The van der Waals surface area contributed by atoms with Gasteiger partial charge in [0.15, 0.2) is 0 Å².